The average molecular weight is 213 g/mol. The molecule has 0 saturated heterocycles. The van der Waals surface area contributed by atoms with Crippen molar-refractivity contribution < 1.29 is 9.53 Å². The first-order valence-corrected chi connectivity index (χ1v) is 5.05. The lowest BCUT2D eigenvalue weighted by Gasteiger charge is -2.02. The second kappa shape index (κ2) is 4.62. The Hall–Kier alpha value is -2.09. The molecule has 0 aliphatic rings. The maximum Gasteiger partial charge on any atom is 0.193 e. The zero-order chi connectivity index (χ0) is 11.4. The van der Waals surface area contributed by atoms with Crippen LogP contribution >= 0.6 is 0 Å². The highest BCUT2D eigenvalue weighted by molar-refractivity contribution is 6.08. The molecule has 0 unspecified atom stereocenters. The summed E-state index contributed by atoms with van der Waals surface area (Å²) in [6.07, 6.45) is 0. The van der Waals surface area contributed by atoms with Crippen molar-refractivity contribution in [1.82, 2.24) is 0 Å². The summed E-state index contributed by atoms with van der Waals surface area (Å²) in [5.41, 5.74) is 1.37. The van der Waals surface area contributed by atoms with Gasteiger partial charge in [0.2, 0.25) is 0 Å². The molecule has 0 aromatic heterocycles. The molecular formula is C14H12O2. The molecule has 0 bridgehead atoms. The molecule has 80 valence electrons. The van der Waals surface area contributed by atoms with Gasteiger partial charge in [-0.05, 0) is 24.3 Å². The zero-order valence-electron chi connectivity index (χ0n) is 9.01. The first kappa shape index (κ1) is 10.4. The molecule has 0 amide bonds. The summed E-state index contributed by atoms with van der Waals surface area (Å²) in [5.74, 6) is 0.785. The van der Waals surface area contributed by atoms with Gasteiger partial charge in [-0.25, -0.2) is 0 Å². The number of carbonyl (C=O) groups is 1. The molecule has 0 atom stereocenters. The Morgan fingerprint density at radius 2 is 1.44 bits per heavy atom. The Balaban J connectivity index is 2.28. The van der Waals surface area contributed by atoms with E-state index >= 15 is 0 Å². The van der Waals surface area contributed by atoms with Gasteiger partial charge in [-0.15, -0.1) is 0 Å². The van der Waals surface area contributed by atoms with Gasteiger partial charge in [0.25, 0.3) is 0 Å². The van der Waals surface area contributed by atoms with E-state index in [0.717, 1.165) is 5.75 Å². The maximum atomic E-state index is 12.0. The van der Waals surface area contributed by atoms with Crippen LogP contribution in [0.1, 0.15) is 15.9 Å². The second-order valence-corrected chi connectivity index (χ2v) is 3.42. The summed E-state index contributed by atoms with van der Waals surface area (Å²) < 4.78 is 5.04. The van der Waals surface area contributed by atoms with Crippen molar-refractivity contribution in [3.63, 3.8) is 0 Å². The highest BCUT2D eigenvalue weighted by Gasteiger charge is 2.07. The van der Waals surface area contributed by atoms with Crippen molar-refractivity contribution in [1.29, 1.82) is 0 Å². The van der Waals surface area contributed by atoms with Crippen LogP contribution in [0.25, 0.3) is 0 Å². The van der Waals surface area contributed by atoms with E-state index in [1.165, 1.54) is 0 Å². The number of carbonyl (C=O) groups excluding carboxylic acids is 1. The standard InChI is InChI=1S/C14H12O2/c1-16-13-9-7-12(8-10-13)14(15)11-5-3-2-4-6-11/h2-10H,1H3/i14+1. The van der Waals surface area contributed by atoms with Crippen LogP contribution in [0.15, 0.2) is 54.6 Å². The molecule has 2 nitrogen and oxygen atoms in total. The van der Waals surface area contributed by atoms with Crippen molar-refractivity contribution in [2.24, 2.45) is 0 Å². The van der Waals surface area contributed by atoms with Crippen LogP contribution < -0.4 is 4.74 Å². The molecule has 0 spiro atoms. The molecule has 0 saturated carbocycles. The molecule has 0 heterocycles. The lowest BCUT2D eigenvalue weighted by molar-refractivity contribution is 0.103. The quantitative estimate of drug-likeness (QED) is 0.578. The van der Waals surface area contributed by atoms with E-state index in [2.05, 4.69) is 0 Å². The summed E-state index contributed by atoms with van der Waals surface area (Å²) in [4.78, 5) is 12.0. The lowest BCUT2D eigenvalue weighted by atomic mass is 10.2. The number of ketones is 1. The van der Waals surface area contributed by atoms with Crippen LogP contribution in [-0.2, 0) is 0 Å². The van der Waals surface area contributed by atoms with Crippen LogP contribution in [0.4, 0.5) is 0 Å². The topological polar surface area (TPSA) is 26.3 Å². The minimum absolute atomic E-state index is 0.0308. The van der Waals surface area contributed by atoms with Crippen molar-refractivity contribution in [2.75, 3.05) is 7.11 Å². The van der Waals surface area contributed by atoms with E-state index in [1.54, 1.807) is 31.4 Å². The monoisotopic (exact) mass is 213 g/mol. The van der Waals surface area contributed by atoms with Gasteiger partial charge in [0.15, 0.2) is 5.78 Å². The molecule has 0 aliphatic heterocycles. The number of hydrogen-bond donors (Lipinski definition) is 0. The van der Waals surface area contributed by atoms with Crippen molar-refractivity contribution in [3.8, 4) is 5.75 Å². The van der Waals surface area contributed by atoms with E-state index in [4.69, 9.17) is 4.74 Å². The first-order valence-electron chi connectivity index (χ1n) is 5.05. The summed E-state index contributed by atoms with van der Waals surface area (Å²) in [6.45, 7) is 0. The molecule has 0 fully saturated rings. The number of ether oxygens (including phenoxy) is 1. The van der Waals surface area contributed by atoms with E-state index in [0.29, 0.717) is 11.1 Å². The van der Waals surface area contributed by atoms with Gasteiger partial charge in [0.05, 0.1) is 7.11 Å². The third-order valence-corrected chi connectivity index (χ3v) is 2.39. The smallest absolute Gasteiger partial charge is 0.193 e. The van der Waals surface area contributed by atoms with Gasteiger partial charge in [-0.2, -0.15) is 0 Å². The van der Waals surface area contributed by atoms with Crippen molar-refractivity contribution in [2.45, 2.75) is 0 Å². The SMILES string of the molecule is COc1ccc([13C](=O)c2ccccc2)cc1. The van der Waals surface area contributed by atoms with Gasteiger partial charge >= 0.3 is 0 Å². The molecule has 0 N–H and O–H groups in total. The molecule has 2 heteroatoms. The van der Waals surface area contributed by atoms with Gasteiger partial charge in [0.1, 0.15) is 5.75 Å². The Kier molecular flexibility index (Phi) is 3.01. The predicted molar refractivity (Wildman–Crippen MR) is 62.9 cm³/mol. The zero-order valence-corrected chi connectivity index (χ0v) is 9.01. The van der Waals surface area contributed by atoms with Crippen LogP contribution in [0, 0.1) is 0 Å². The normalized spacial score (nSPS) is 9.81. The molecular weight excluding hydrogens is 201 g/mol. The summed E-state index contributed by atoms with van der Waals surface area (Å²) in [6, 6.07) is 16.4. The Labute approximate surface area is 94.5 Å². The maximum absolute atomic E-state index is 12.0. The Bertz CT molecular complexity index is 472. The van der Waals surface area contributed by atoms with E-state index in [9.17, 15) is 4.79 Å². The van der Waals surface area contributed by atoms with Crippen molar-refractivity contribution in [3.05, 3.63) is 65.7 Å². The summed E-state index contributed by atoms with van der Waals surface area (Å²) >= 11 is 0. The van der Waals surface area contributed by atoms with Crippen molar-refractivity contribution >= 4 is 5.78 Å². The Morgan fingerprint density at radius 1 is 0.875 bits per heavy atom. The number of methoxy groups -OCH3 is 1. The van der Waals surface area contributed by atoms with Gasteiger partial charge < -0.3 is 4.74 Å². The first-order chi connectivity index (χ1) is 7.81. The fourth-order valence-electron chi connectivity index (χ4n) is 1.50. The Morgan fingerprint density at radius 3 is 2.00 bits per heavy atom. The molecule has 2 aromatic rings. The van der Waals surface area contributed by atoms with Gasteiger partial charge in [-0.3, -0.25) is 4.79 Å². The molecule has 16 heavy (non-hydrogen) atoms. The summed E-state index contributed by atoms with van der Waals surface area (Å²) in [7, 11) is 1.61. The number of rotatable bonds is 3. The van der Waals surface area contributed by atoms with Crippen LogP contribution in [-0.4, -0.2) is 12.9 Å². The van der Waals surface area contributed by atoms with E-state index in [1.807, 2.05) is 30.3 Å². The highest BCUT2D eigenvalue weighted by Crippen LogP contribution is 2.14. The van der Waals surface area contributed by atoms with Gasteiger partial charge in [-0.1, -0.05) is 30.3 Å². The second-order valence-electron chi connectivity index (χ2n) is 3.42. The van der Waals surface area contributed by atoms with Gasteiger partial charge in [0, 0.05) is 11.1 Å². The predicted octanol–water partition coefficient (Wildman–Crippen LogP) is 2.93. The fraction of sp³-hybridized carbons (Fsp3) is 0.0714. The van der Waals surface area contributed by atoms with E-state index < -0.39 is 0 Å². The lowest BCUT2D eigenvalue weighted by Crippen LogP contribution is -2.00. The van der Waals surface area contributed by atoms with E-state index in [-0.39, 0.29) is 5.78 Å². The number of hydrogen-bond acceptors (Lipinski definition) is 2. The molecule has 0 aliphatic carbocycles. The fourth-order valence-corrected chi connectivity index (χ4v) is 1.50. The van der Waals surface area contributed by atoms with Crippen LogP contribution in [0.3, 0.4) is 0 Å². The molecule has 2 aromatic carbocycles. The third kappa shape index (κ3) is 2.11. The highest BCUT2D eigenvalue weighted by atomic mass is 16.5. The molecule has 2 rings (SSSR count). The minimum Gasteiger partial charge on any atom is -0.497 e. The van der Waals surface area contributed by atoms with Crippen LogP contribution in [0.2, 0.25) is 0 Å². The number of benzene rings is 2. The summed E-state index contributed by atoms with van der Waals surface area (Å²) in [5, 5.41) is 0. The molecule has 0 radical (unpaired) electrons. The largest absolute Gasteiger partial charge is 0.497 e. The average Bonchev–Trinajstić information content (AvgIpc) is 2.39. The van der Waals surface area contributed by atoms with Crippen LogP contribution in [0.5, 0.6) is 5.75 Å². The minimum atomic E-state index is 0.0308. The third-order valence-electron chi connectivity index (χ3n) is 2.39.